The molecule has 0 aliphatic carbocycles. The SMILES string of the molecule is CCOC(=O)c1sccc1N1CC(C(=O)OC)CC1=O. The van der Waals surface area contributed by atoms with Crippen molar-refractivity contribution in [1.29, 1.82) is 0 Å². The third-order valence-electron chi connectivity index (χ3n) is 3.06. The second-order valence-corrected chi connectivity index (χ2v) is 5.20. The number of rotatable bonds is 4. The molecule has 0 radical (unpaired) electrons. The van der Waals surface area contributed by atoms with Crippen LogP contribution in [0.1, 0.15) is 23.0 Å². The predicted octanol–water partition coefficient (Wildman–Crippen LogP) is 1.45. The van der Waals surface area contributed by atoms with Crippen LogP contribution in [-0.4, -0.2) is 38.1 Å². The Balaban J connectivity index is 2.21. The lowest BCUT2D eigenvalue weighted by atomic mass is 10.1. The quantitative estimate of drug-likeness (QED) is 0.786. The number of anilines is 1. The van der Waals surface area contributed by atoms with Gasteiger partial charge < -0.3 is 14.4 Å². The van der Waals surface area contributed by atoms with Gasteiger partial charge in [-0.05, 0) is 18.4 Å². The number of hydrogen-bond acceptors (Lipinski definition) is 6. The number of hydrogen-bond donors (Lipinski definition) is 0. The van der Waals surface area contributed by atoms with Crippen LogP contribution in [0.2, 0.25) is 0 Å². The topological polar surface area (TPSA) is 72.9 Å². The van der Waals surface area contributed by atoms with E-state index in [4.69, 9.17) is 4.74 Å². The van der Waals surface area contributed by atoms with Crippen LogP contribution in [0.3, 0.4) is 0 Å². The molecule has 1 atom stereocenters. The molecule has 1 aliphatic rings. The first kappa shape index (κ1) is 14.5. The van der Waals surface area contributed by atoms with Crippen LogP contribution in [0.25, 0.3) is 0 Å². The summed E-state index contributed by atoms with van der Waals surface area (Å²) >= 11 is 1.22. The summed E-state index contributed by atoms with van der Waals surface area (Å²) in [6.07, 6.45) is 0.102. The van der Waals surface area contributed by atoms with Gasteiger partial charge in [-0.1, -0.05) is 0 Å². The molecule has 2 heterocycles. The number of methoxy groups -OCH3 is 1. The molecule has 0 N–H and O–H groups in total. The van der Waals surface area contributed by atoms with Crippen LogP contribution in [0.4, 0.5) is 5.69 Å². The van der Waals surface area contributed by atoms with Crippen LogP contribution >= 0.6 is 11.3 Å². The summed E-state index contributed by atoms with van der Waals surface area (Å²) in [6.45, 7) is 2.23. The average molecular weight is 297 g/mol. The Kier molecular flexibility index (Phi) is 4.39. The molecular weight excluding hydrogens is 282 g/mol. The Bertz CT molecular complexity index is 539. The molecule has 0 spiro atoms. The number of nitrogens with zero attached hydrogens (tertiary/aromatic N) is 1. The highest BCUT2D eigenvalue weighted by molar-refractivity contribution is 7.12. The zero-order valence-corrected chi connectivity index (χ0v) is 12.1. The van der Waals surface area contributed by atoms with Gasteiger partial charge in [0.2, 0.25) is 5.91 Å². The van der Waals surface area contributed by atoms with Crippen molar-refractivity contribution in [2.24, 2.45) is 5.92 Å². The summed E-state index contributed by atoms with van der Waals surface area (Å²) in [5, 5.41) is 1.72. The van der Waals surface area contributed by atoms with Gasteiger partial charge in [0.15, 0.2) is 0 Å². The molecule has 0 bridgehead atoms. The molecule has 2 rings (SSSR count). The predicted molar refractivity (Wildman–Crippen MR) is 72.8 cm³/mol. The van der Waals surface area contributed by atoms with Gasteiger partial charge in [0.05, 0.1) is 25.3 Å². The molecule has 1 saturated heterocycles. The van der Waals surface area contributed by atoms with Crippen LogP contribution in [0, 0.1) is 5.92 Å². The Labute approximate surface area is 120 Å². The van der Waals surface area contributed by atoms with Crippen molar-refractivity contribution in [3.8, 4) is 0 Å². The first-order valence-electron chi connectivity index (χ1n) is 6.21. The summed E-state index contributed by atoms with van der Waals surface area (Å²) in [4.78, 5) is 37.2. The molecule has 0 aromatic carbocycles. The van der Waals surface area contributed by atoms with Crippen molar-refractivity contribution in [2.45, 2.75) is 13.3 Å². The number of ether oxygens (including phenoxy) is 2. The Morgan fingerprint density at radius 1 is 1.50 bits per heavy atom. The molecule has 1 amide bonds. The van der Waals surface area contributed by atoms with Crippen molar-refractivity contribution in [2.75, 3.05) is 25.2 Å². The molecular formula is C13H15NO5S. The molecule has 1 unspecified atom stereocenters. The smallest absolute Gasteiger partial charge is 0.350 e. The molecule has 6 nitrogen and oxygen atoms in total. The normalized spacial score (nSPS) is 18.2. The van der Waals surface area contributed by atoms with E-state index in [0.29, 0.717) is 10.6 Å². The zero-order chi connectivity index (χ0) is 14.7. The molecule has 108 valence electrons. The van der Waals surface area contributed by atoms with Crippen molar-refractivity contribution in [3.63, 3.8) is 0 Å². The van der Waals surface area contributed by atoms with Gasteiger partial charge in [-0.3, -0.25) is 9.59 Å². The largest absolute Gasteiger partial charge is 0.469 e. The first-order valence-corrected chi connectivity index (χ1v) is 7.09. The summed E-state index contributed by atoms with van der Waals surface area (Å²) in [6, 6.07) is 1.69. The lowest BCUT2D eigenvalue weighted by molar-refractivity contribution is -0.145. The van der Waals surface area contributed by atoms with Gasteiger partial charge in [-0.25, -0.2) is 4.79 Å². The van der Waals surface area contributed by atoms with E-state index in [1.54, 1.807) is 18.4 Å². The van der Waals surface area contributed by atoms with E-state index in [1.165, 1.54) is 23.3 Å². The highest BCUT2D eigenvalue weighted by Crippen LogP contribution is 2.32. The first-order chi connectivity index (χ1) is 9.58. The van der Waals surface area contributed by atoms with E-state index in [-0.39, 0.29) is 25.5 Å². The van der Waals surface area contributed by atoms with Gasteiger partial charge in [-0.15, -0.1) is 11.3 Å². The molecule has 1 aliphatic heterocycles. The van der Waals surface area contributed by atoms with Crippen molar-refractivity contribution >= 4 is 34.9 Å². The molecule has 1 fully saturated rings. The van der Waals surface area contributed by atoms with Crippen molar-refractivity contribution in [3.05, 3.63) is 16.3 Å². The third-order valence-corrected chi connectivity index (χ3v) is 3.94. The maximum atomic E-state index is 12.0. The highest BCUT2D eigenvalue weighted by atomic mass is 32.1. The van der Waals surface area contributed by atoms with E-state index < -0.39 is 17.9 Å². The van der Waals surface area contributed by atoms with Gasteiger partial charge in [0, 0.05) is 13.0 Å². The second kappa shape index (κ2) is 6.04. The van der Waals surface area contributed by atoms with Gasteiger partial charge in [-0.2, -0.15) is 0 Å². The lowest BCUT2D eigenvalue weighted by Gasteiger charge is -2.16. The number of carbonyl (C=O) groups is 3. The second-order valence-electron chi connectivity index (χ2n) is 4.28. The zero-order valence-electron chi connectivity index (χ0n) is 11.3. The summed E-state index contributed by atoms with van der Waals surface area (Å²) in [5.74, 6) is -1.53. The Morgan fingerprint density at radius 3 is 2.90 bits per heavy atom. The summed E-state index contributed by atoms with van der Waals surface area (Å²) in [5.41, 5.74) is 0.504. The average Bonchev–Trinajstić information content (AvgIpc) is 3.04. The van der Waals surface area contributed by atoms with Crippen LogP contribution < -0.4 is 4.90 Å². The fourth-order valence-corrected chi connectivity index (χ4v) is 2.92. The van der Waals surface area contributed by atoms with Crippen LogP contribution in [0.15, 0.2) is 11.4 Å². The van der Waals surface area contributed by atoms with Crippen molar-refractivity contribution in [1.82, 2.24) is 0 Å². The number of esters is 2. The third kappa shape index (κ3) is 2.67. The maximum absolute atomic E-state index is 12.0. The molecule has 1 aromatic heterocycles. The minimum absolute atomic E-state index is 0.102. The fourth-order valence-electron chi connectivity index (χ4n) is 2.13. The number of thiophene rings is 1. The highest BCUT2D eigenvalue weighted by Gasteiger charge is 2.37. The minimum Gasteiger partial charge on any atom is -0.469 e. The molecule has 20 heavy (non-hydrogen) atoms. The Hall–Kier alpha value is -1.89. The molecule has 1 aromatic rings. The number of amides is 1. The van der Waals surface area contributed by atoms with E-state index in [2.05, 4.69) is 4.74 Å². The van der Waals surface area contributed by atoms with Gasteiger partial charge >= 0.3 is 11.9 Å². The lowest BCUT2D eigenvalue weighted by Crippen LogP contribution is -2.27. The molecule has 7 heteroatoms. The Morgan fingerprint density at radius 2 is 2.25 bits per heavy atom. The summed E-state index contributed by atoms with van der Waals surface area (Å²) < 4.78 is 9.62. The van der Waals surface area contributed by atoms with Gasteiger partial charge in [0.25, 0.3) is 0 Å². The maximum Gasteiger partial charge on any atom is 0.350 e. The van der Waals surface area contributed by atoms with E-state index in [9.17, 15) is 14.4 Å². The van der Waals surface area contributed by atoms with E-state index in [1.807, 2.05) is 0 Å². The van der Waals surface area contributed by atoms with E-state index in [0.717, 1.165) is 0 Å². The minimum atomic E-state index is -0.484. The van der Waals surface area contributed by atoms with Crippen LogP contribution in [0.5, 0.6) is 0 Å². The van der Waals surface area contributed by atoms with Crippen LogP contribution in [-0.2, 0) is 19.1 Å². The fraction of sp³-hybridized carbons (Fsp3) is 0.462. The molecule has 0 saturated carbocycles. The monoisotopic (exact) mass is 297 g/mol. The standard InChI is InChI=1S/C13H15NO5S/c1-3-19-13(17)11-9(4-5-20-11)14-7-8(6-10(14)15)12(16)18-2/h4-5,8H,3,6-7H2,1-2H3. The summed E-state index contributed by atoms with van der Waals surface area (Å²) in [7, 11) is 1.30. The van der Waals surface area contributed by atoms with Gasteiger partial charge in [0.1, 0.15) is 4.88 Å². The number of carbonyl (C=O) groups excluding carboxylic acids is 3. The van der Waals surface area contributed by atoms with E-state index >= 15 is 0 Å². The van der Waals surface area contributed by atoms with Crippen molar-refractivity contribution < 1.29 is 23.9 Å².